The van der Waals surface area contributed by atoms with Crippen LogP contribution >= 0.6 is 0 Å². The zero-order valence-corrected chi connectivity index (χ0v) is 28.2. The number of aromatic nitrogens is 5. The van der Waals surface area contributed by atoms with E-state index in [4.69, 9.17) is 19.9 Å². The summed E-state index contributed by atoms with van der Waals surface area (Å²) >= 11 is 0. The topological polar surface area (TPSA) is 56.5 Å². The van der Waals surface area contributed by atoms with Crippen LogP contribution in [0.5, 0.6) is 0 Å². The average Bonchev–Trinajstić information content (AvgIpc) is 3.50. The summed E-state index contributed by atoms with van der Waals surface area (Å²) in [6.07, 6.45) is 1.84. The fourth-order valence-electron chi connectivity index (χ4n) is 6.57. The van der Waals surface area contributed by atoms with Crippen LogP contribution in [0.2, 0.25) is 0 Å². The Morgan fingerprint density at radius 1 is 0.469 bits per heavy atom. The molecule has 3 aromatic heterocycles. The van der Waals surface area contributed by atoms with Gasteiger partial charge in [0.15, 0.2) is 11.6 Å². The van der Waals surface area contributed by atoms with Crippen molar-refractivity contribution in [1.29, 1.82) is 0 Å². The van der Waals surface area contributed by atoms with E-state index < -0.39 is 0 Å². The predicted molar refractivity (Wildman–Crippen MR) is 202 cm³/mol. The minimum atomic E-state index is 0.431. The van der Waals surface area contributed by atoms with Gasteiger partial charge in [-0.25, -0.2) is 9.97 Å². The number of benzene rings is 5. The van der Waals surface area contributed by atoms with Crippen molar-refractivity contribution in [2.45, 2.75) is 39.5 Å². The van der Waals surface area contributed by atoms with Crippen molar-refractivity contribution < 1.29 is 0 Å². The van der Waals surface area contributed by atoms with Crippen molar-refractivity contribution in [3.63, 3.8) is 0 Å². The lowest BCUT2D eigenvalue weighted by molar-refractivity contribution is 0.866. The fourth-order valence-corrected chi connectivity index (χ4v) is 6.57. The van der Waals surface area contributed by atoms with Crippen molar-refractivity contribution in [2.24, 2.45) is 0 Å². The molecule has 0 aliphatic rings. The highest BCUT2D eigenvalue weighted by atomic mass is 15.2. The van der Waals surface area contributed by atoms with Crippen LogP contribution in [-0.4, -0.2) is 24.5 Å². The van der Waals surface area contributed by atoms with Gasteiger partial charge in [-0.3, -0.25) is 4.57 Å². The summed E-state index contributed by atoms with van der Waals surface area (Å²) in [6.45, 7) is 8.82. The third kappa shape index (κ3) is 5.67. The maximum atomic E-state index is 5.19. The summed E-state index contributed by atoms with van der Waals surface area (Å²) < 4.78 is 2.12. The zero-order valence-electron chi connectivity index (χ0n) is 28.2. The molecule has 8 rings (SSSR count). The van der Waals surface area contributed by atoms with Crippen LogP contribution in [0.3, 0.4) is 0 Å². The molecule has 0 spiro atoms. The van der Waals surface area contributed by atoms with E-state index in [1.165, 1.54) is 16.7 Å². The molecule has 0 amide bonds. The van der Waals surface area contributed by atoms with Gasteiger partial charge in [-0.05, 0) is 57.9 Å². The van der Waals surface area contributed by atoms with Gasteiger partial charge in [-0.2, -0.15) is 9.97 Å². The molecule has 5 aromatic carbocycles. The lowest BCUT2D eigenvalue weighted by Crippen LogP contribution is -2.07. The highest BCUT2D eigenvalue weighted by Gasteiger charge is 2.21. The van der Waals surface area contributed by atoms with Crippen LogP contribution in [0.4, 0.5) is 0 Å². The molecule has 0 aliphatic heterocycles. The van der Waals surface area contributed by atoms with Gasteiger partial charge in [0.25, 0.3) is 0 Å². The maximum Gasteiger partial charge on any atom is 0.240 e. The highest BCUT2D eigenvalue weighted by molar-refractivity contribution is 6.12. The van der Waals surface area contributed by atoms with Gasteiger partial charge in [0.2, 0.25) is 5.95 Å². The Morgan fingerprint density at radius 2 is 1.04 bits per heavy atom. The van der Waals surface area contributed by atoms with Crippen LogP contribution in [0.15, 0.2) is 140 Å². The number of nitrogens with zero attached hydrogens (tertiary/aromatic N) is 5. The quantitative estimate of drug-likeness (QED) is 0.175. The molecule has 0 N–H and O–H groups in total. The molecule has 3 heterocycles. The Bertz CT molecular complexity index is 2350. The van der Waals surface area contributed by atoms with Crippen molar-refractivity contribution in [3.8, 4) is 51.0 Å². The second-order valence-electron chi connectivity index (χ2n) is 13.2. The third-order valence-electron chi connectivity index (χ3n) is 9.32. The predicted octanol–water partition coefficient (Wildman–Crippen LogP) is 11.3. The minimum absolute atomic E-state index is 0.431. The van der Waals surface area contributed by atoms with Crippen LogP contribution < -0.4 is 0 Å². The molecule has 0 atom stereocenters. The van der Waals surface area contributed by atoms with Crippen LogP contribution in [0.1, 0.15) is 50.7 Å². The number of para-hydroxylation sites is 1. The Labute approximate surface area is 287 Å². The first-order valence-electron chi connectivity index (χ1n) is 17.0. The summed E-state index contributed by atoms with van der Waals surface area (Å²) in [4.78, 5) is 20.4. The summed E-state index contributed by atoms with van der Waals surface area (Å²) in [5.74, 6) is 2.64. The number of rotatable bonds is 7. The van der Waals surface area contributed by atoms with Gasteiger partial charge in [-0.1, -0.05) is 143 Å². The fraction of sp³-hybridized carbons (Fsp3) is 0.136. The number of fused-ring (bicyclic) bond motifs is 3. The molecule has 8 aromatic rings. The summed E-state index contributed by atoms with van der Waals surface area (Å²) in [6, 6.07) is 47.0. The van der Waals surface area contributed by atoms with Crippen LogP contribution in [0.25, 0.3) is 72.9 Å². The first-order valence-corrected chi connectivity index (χ1v) is 17.0. The SMILES string of the molecule is CC(C)c1ccc(-c2nc(-c3ccc(C(C)C)cc3)nc(-n3c4ncccc4c4cccc(-c5cccc(-c6ccccc6)c5)c43)n2)cc1. The molecule has 0 fully saturated rings. The van der Waals surface area contributed by atoms with Crippen LogP contribution in [0, 0.1) is 0 Å². The van der Waals surface area contributed by atoms with E-state index in [9.17, 15) is 0 Å². The van der Waals surface area contributed by atoms with Crippen molar-refractivity contribution in [3.05, 3.63) is 151 Å². The first kappa shape index (κ1) is 30.4. The Morgan fingerprint density at radius 3 is 1.67 bits per heavy atom. The summed E-state index contributed by atoms with van der Waals surface area (Å²) in [7, 11) is 0. The summed E-state index contributed by atoms with van der Waals surface area (Å²) in [5, 5.41) is 2.14. The van der Waals surface area contributed by atoms with Gasteiger partial charge in [0.05, 0.1) is 5.52 Å². The van der Waals surface area contributed by atoms with E-state index in [2.05, 4.69) is 154 Å². The molecule has 0 unspecified atom stereocenters. The van der Waals surface area contributed by atoms with Crippen molar-refractivity contribution in [1.82, 2.24) is 24.5 Å². The Hall–Kier alpha value is -5.94. The van der Waals surface area contributed by atoms with Gasteiger partial charge in [0, 0.05) is 33.7 Å². The normalized spacial score (nSPS) is 11.6. The molecular formula is C44H37N5. The average molecular weight is 636 g/mol. The third-order valence-corrected chi connectivity index (χ3v) is 9.32. The van der Waals surface area contributed by atoms with Gasteiger partial charge in [0.1, 0.15) is 5.65 Å². The van der Waals surface area contributed by atoms with E-state index in [1.54, 1.807) is 0 Å². The molecule has 238 valence electrons. The molecular weight excluding hydrogens is 599 g/mol. The molecule has 0 saturated carbocycles. The van der Waals surface area contributed by atoms with Crippen LogP contribution in [-0.2, 0) is 0 Å². The standard InChI is InChI=1S/C44H37N5/c1-28(2)30-18-22-33(23-19-30)41-46-42(34-24-20-31(21-25-34)29(3)4)48-44(47-41)49-40-37(15-9-16-38(40)39-17-10-26-45-43(39)49)36-14-8-13-35(27-36)32-11-6-5-7-12-32/h5-29H,1-4H3. The van der Waals surface area contributed by atoms with Gasteiger partial charge >= 0.3 is 0 Å². The minimum Gasteiger partial charge on any atom is -0.261 e. The first-order chi connectivity index (χ1) is 23.9. The smallest absolute Gasteiger partial charge is 0.240 e. The Kier molecular flexibility index (Phi) is 7.81. The largest absolute Gasteiger partial charge is 0.261 e. The van der Waals surface area contributed by atoms with Crippen molar-refractivity contribution in [2.75, 3.05) is 0 Å². The van der Waals surface area contributed by atoms with Gasteiger partial charge in [-0.15, -0.1) is 0 Å². The molecule has 0 radical (unpaired) electrons. The summed E-state index contributed by atoms with van der Waals surface area (Å²) in [5.41, 5.74) is 10.8. The van der Waals surface area contributed by atoms with Crippen molar-refractivity contribution >= 4 is 21.9 Å². The molecule has 49 heavy (non-hydrogen) atoms. The monoisotopic (exact) mass is 635 g/mol. The van der Waals surface area contributed by atoms with E-state index in [0.29, 0.717) is 29.4 Å². The van der Waals surface area contributed by atoms with Gasteiger partial charge < -0.3 is 0 Å². The lowest BCUT2D eigenvalue weighted by Gasteiger charge is -2.14. The number of hydrogen-bond donors (Lipinski definition) is 0. The number of hydrogen-bond acceptors (Lipinski definition) is 4. The lowest BCUT2D eigenvalue weighted by atomic mass is 9.97. The molecule has 5 heteroatoms. The molecule has 5 nitrogen and oxygen atoms in total. The molecule has 0 aliphatic carbocycles. The Balaban J connectivity index is 1.39. The second kappa shape index (κ2) is 12.6. The molecule has 0 bridgehead atoms. The van der Waals surface area contributed by atoms with E-state index in [1.807, 2.05) is 18.3 Å². The second-order valence-corrected chi connectivity index (χ2v) is 13.2. The van der Waals surface area contributed by atoms with E-state index in [0.717, 1.165) is 49.8 Å². The maximum absolute atomic E-state index is 5.19. The number of pyridine rings is 1. The van der Waals surface area contributed by atoms with E-state index in [-0.39, 0.29) is 0 Å². The molecule has 0 saturated heterocycles. The zero-order chi connectivity index (χ0) is 33.5. The van der Waals surface area contributed by atoms with E-state index >= 15 is 0 Å². The highest BCUT2D eigenvalue weighted by Crippen LogP contribution is 2.38.